The van der Waals surface area contributed by atoms with E-state index >= 15 is 0 Å². The molecule has 0 aliphatic carbocycles. The second-order valence-electron chi connectivity index (χ2n) is 6.23. The predicted octanol–water partition coefficient (Wildman–Crippen LogP) is 2.40. The topological polar surface area (TPSA) is 107 Å². The second kappa shape index (κ2) is 8.77. The fourth-order valence-electron chi connectivity index (χ4n) is 3.27. The van der Waals surface area contributed by atoms with Crippen LogP contribution in [0.25, 0.3) is 5.69 Å². The fraction of sp³-hybridized carbons (Fsp3) is 0.412. The zero-order chi connectivity index (χ0) is 17.8. The quantitative estimate of drug-likeness (QED) is 0.634. The van der Waals surface area contributed by atoms with Crippen LogP contribution >= 0.6 is 12.4 Å². The van der Waals surface area contributed by atoms with E-state index in [1.54, 1.807) is 35.4 Å². The molecule has 0 radical (unpaired) electrons. The molecule has 1 aromatic carbocycles. The van der Waals surface area contributed by atoms with Crippen LogP contribution in [-0.4, -0.2) is 45.1 Å². The molecule has 1 saturated heterocycles. The van der Waals surface area contributed by atoms with Crippen molar-refractivity contribution < 1.29 is 9.72 Å². The van der Waals surface area contributed by atoms with Gasteiger partial charge in [-0.05, 0) is 43.9 Å². The van der Waals surface area contributed by atoms with Gasteiger partial charge in [-0.2, -0.15) is 5.10 Å². The molecule has 2 aromatic rings. The summed E-state index contributed by atoms with van der Waals surface area (Å²) in [4.78, 5) is 25.2. The highest BCUT2D eigenvalue weighted by Gasteiger charge is 2.26. The normalized spacial score (nSPS) is 16.8. The Bertz CT molecular complexity index is 777. The number of piperidine rings is 1. The minimum Gasteiger partial charge on any atom is -0.337 e. The van der Waals surface area contributed by atoms with Crippen molar-refractivity contribution in [1.82, 2.24) is 14.7 Å². The SMILES string of the molecule is Cl.NCCC1CCCN(C(=O)c2ccn(-c3ccccc3[N+](=O)[O-])n2)C1. The van der Waals surface area contributed by atoms with Crippen LogP contribution in [0.5, 0.6) is 0 Å². The molecule has 26 heavy (non-hydrogen) atoms. The number of rotatable bonds is 5. The van der Waals surface area contributed by atoms with Gasteiger partial charge in [-0.25, -0.2) is 4.68 Å². The number of nitrogens with two attached hydrogens (primary N) is 1. The highest BCUT2D eigenvalue weighted by molar-refractivity contribution is 5.92. The van der Waals surface area contributed by atoms with Gasteiger partial charge in [-0.15, -0.1) is 12.4 Å². The van der Waals surface area contributed by atoms with E-state index in [1.165, 1.54) is 10.7 Å². The van der Waals surface area contributed by atoms with Crippen molar-refractivity contribution in [2.24, 2.45) is 11.7 Å². The smallest absolute Gasteiger partial charge is 0.294 e. The first-order valence-corrected chi connectivity index (χ1v) is 8.39. The first-order valence-electron chi connectivity index (χ1n) is 8.39. The minimum absolute atomic E-state index is 0. The van der Waals surface area contributed by atoms with Crippen LogP contribution in [0.2, 0.25) is 0 Å². The van der Waals surface area contributed by atoms with Crippen LogP contribution in [0.15, 0.2) is 36.5 Å². The molecule has 0 saturated carbocycles. The molecule has 1 amide bonds. The Morgan fingerprint density at radius 1 is 1.35 bits per heavy atom. The number of hydrogen-bond donors (Lipinski definition) is 1. The molecule has 2 heterocycles. The van der Waals surface area contributed by atoms with E-state index in [0.29, 0.717) is 36.9 Å². The van der Waals surface area contributed by atoms with Crippen molar-refractivity contribution in [2.45, 2.75) is 19.3 Å². The molecular formula is C17H22ClN5O3. The molecule has 1 fully saturated rings. The van der Waals surface area contributed by atoms with E-state index < -0.39 is 4.92 Å². The average Bonchev–Trinajstić information content (AvgIpc) is 3.11. The molecule has 3 rings (SSSR count). The lowest BCUT2D eigenvalue weighted by molar-refractivity contribution is -0.384. The predicted molar refractivity (Wildman–Crippen MR) is 99.8 cm³/mol. The van der Waals surface area contributed by atoms with E-state index in [4.69, 9.17) is 5.73 Å². The fourth-order valence-corrected chi connectivity index (χ4v) is 3.27. The lowest BCUT2D eigenvalue weighted by Crippen LogP contribution is -2.40. The number of aromatic nitrogens is 2. The number of benzene rings is 1. The van der Waals surface area contributed by atoms with Gasteiger partial charge in [-0.3, -0.25) is 14.9 Å². The van der Waals surface area contributed by atoms with Gasteiger partial charge in [0.05, 0.1) is 4.92 Å². The van der Waals surface area contributed by atoms with Crippen molar-refractivity contribution in [3.63, 3.8) is 0 Å². The Balaban J connectivity index is 0.00000243. The molecular weight excluding hydrogens is 358 g/mol. The molecule has 1 unspecified atom stereocenters. The Hall–Kier alpha value is -2.45. The summed E-state index contributed by atoms with van der Waals surface area (Å²) in [5.41, 5.74) is 6.21. The molecule has 1 atom stereocenters. The maximum atomic E-state index is 12.7. The number of likely N-dealkylation sites (tertiary alicyclic amines) is 1. The monoisotopic (exact) mass is 379 g/mol. The summed E-state index contributed by atoms with van der Waals surface area (Å²) in [5.74, 6) is 0.291. The van der Waals surface area contributed by atoms with Crippen LogP contribution < -0.4 is 5.73 Å². The van der Waals surface area contributed by atoms with Gasteiger partial charge in [0.15, 0.2) is 5.69 Å². The lowest BCUT2D eigenvalue weighted by Gasteiger charge is -2.32. The van der Waals surface area contributed by atoms with Crippen molar-refractivity contribution in [3.05, 3.63) is 52.3 Å². The third-order valence-electron chi connectivity index (χ3n) is 4.51. The molecule has 140 valence electrons. The largest absolute Gasteiger partial charge is 0.337 e. The van der Waals surface area contributed by atoms with Gasteiger partial charge in [0.1, 0.15) is 5.69 Å². The third-order valence-corrected chi connectivity index (χ3v) is 4.51. The average molecular weight is 380 g/mol. The number of amides is 1. The lowest BCUT2D eigenvalue weighted by atomic mass is 9.95. The Labute approximate surface area is 157 Å². The highest BCUT2D eigenvalue weighted by Crippen LogP contribution is 2.23. The van der Waals surface area contributed by atoms with Gasteiger partial charge >= 0.3 is 0 Å². The molecule has 1 aromatic heterocycles. The number of carbonyl (C=O) groups is 1. The number of para-hydroxylation sites is 2. The second-order valence-corrected chi connectivity index (χ2v) is 6.23. The van der Waals surface area contributed by atoms with Gasteiger partial charge in [0.2, 0.25) is 0 Å². The zero-order valence-electron chi connectivity index (χ0n) is 14.3. The van der Waals surface area contributed by atoms with Crippen molar-refractivity contribution in [3.8, 4) is 5.69 Å². The van der Waals surface area contributed by atoms with Crippen LogP contribution in [0, 0.1) is 16.0 Å². The molecule has 1 aliphatic heterocycles. The number of nitrogens with zero attached hydrogens (tertiary/aromatic N) is 4. The zero-order valence-corrected chi connectivity index (χ0v) is 15.1. The summed E-state index contributed by atoms with van der Waals surface area (Å²) < 4.78 is 1.38. The summed E-state index contributed by atoms with van der Waals surface area (Å²) in [7, 11) is 0. The van der Waals surface area contributed by atoms with Crippen LogP contribution in [0.4, 0.5) is 5.69 Å². The summed E-state index contributed by atoms with van der Waals surface area (Å²) >= 11 is 0. The molecule has 0 bridgehead atoms. The number of carbonyl (C=O) groups excluding carboxylic acids is 1. The Kier molecular flexibility index (Phi) is 6.70. The van der Waals surface area contributed by atoms with Crippen molar-refractivity contribution >= 4 is 24.0 Å². The summed E-state index contributed by atoms with van der Waals surface area (Å²) in [6.07, 6.45) is 4.54. The minimum atomic E-state index is -0.458. The van der Waals surface area contributed by atoms with E-state index in [9.17, 15) is 14.9 Å². The molecule has 1 aliphatic rings. The molecule has 8 nitrogen and oxygen atoms in total. The van der Waals surface area contributed by atoms with Gasteiger partial charge in [-0.1, -0.05) is 12.1 Å². The summed E-state index contributed by atoms with van der Waals surface area (Å²) in [5, 5.41) is 15.4. The third kappa shape index (κ3) is 4.20. The maximum absolute atomic E-state index is 12.7. The van der Waals surface area contributed by atoms with Crippen LogP contribution in [0.3, 0.4) is 0 Å². The van der Waals surface area contributed by atoms with Gasteiger partial charge in [0, 0.05) is 25.4 Å². The maximum Gasteiger partial charge on any atom is 0.294 e. The van der Waals surface area contributed by atoms with Gasteiger partial charge in [0.25, 0.3) is 11.6 Å². The first kappa shape index (κ1) is 19.9. The highest BCUT2D eigenvalue weighted by atomic mass is 35.5. The number of nitro groups is 1. The van der Waals surface area contributed by atoms with Crippen LogP contribution in [0.1, 0.15) is 29.8 Å². The summed E-state index contributed by atoms with van der Waals surface area (Å²) in [6, 6.07) is 7.93. The molecule has 2 N–H and O–H groups in total. The van der Waals surface area contributed by atoms with Crippen LogP contribution in [-0.2, 0) is 0 Å². The van der Waals surface area contributed by atoms with E-state index in [0.717, 1.165) is 19.3 Å². The molecule has 0 spiro atoms. The van der Waals surface area contributed by atoms with Crippen molar-refractivity contribution in [2.75, 3.05) is 19.6 Å². The van der Waals surface area contributed by atoms with E-state index in [2.05, 4.69) is 5.10 Å². The van der Waals surface area contributed by atoms with E-state index in [1.807, 2.05) is 0 Å². The van der Waals surface area contributed by atoms with Gasteiger partial charge < -0.3 is 10.6 Å². The number of nitro benzene ring substituents is 1. The number of hydrogen-bond acceptors (Lipinski definition) is 5. The van der Waals surface area contributed by atoms with Crippen molar-refractivity contribution in [1.29, 1.82) is 0 Å². The standard InChI is InChI=1S/C17H21N5O3.ClH/c18-9-7-13-4-3-10-20(12-13)17(23)14-8-11-21(19-14)15-5-1-2-6-16(15)22(24)25;/h1-2,5-6,8,11,13H,3-4,7,9-10,12,18H2;1H. The first-order chi connectivity index (χ1) is 12.1. The van der Waals surface area contributed by atoms with E-state index in [-0.39, 0.29) is 24.0 Å². The Morgan fingerprint density at radius 2 is 2.12 bits per heavy atom. The Morgan fingerprint density at radius 3 is 2.85 bits per heavy atom. The summed E-state index contributed by atoms with van der Waals surface area (Å²) in [6.45, 7) is 2.02. The number of halogens is 1. The molecule has 9 heteroatoms.